The molecule has 0 aliphatic carbocycles. The fourth-order valence-corrected chi connectivity index (χ4v) is 3.79. The van der Waals surface area contributed by atoms with E-state index in [1.54, 1.807) is 22.7 Å². The van der Waals surface area contributed by atoms with Gasteiger partial charge in [-0.25, -0.2) is 9.97 Å². The van der Waals surface area contributed by atoms with Crippen LogP contribution in [0.15, 0.2) is 46.5 Å². The molecule has 0 aliphatic rings. The Morgan fingerprint density at radius 2 is 2.09 bits per heavy atom. The number of hydrogen-bond acceptors (Lipinski definition) is 5. The van der Waals surface area contributed by atoms with E-state index < -0.39 is 0 Å². The molecule has 0 saturated carbocycles. The Balaban J connectivity index is 1.45. The predicted molar refractivity (Wildman–Crippen MR) is 93.9 cm³/mol. The Morgan fingerprint density at radius 3 is 2.91 bits per heavy atom. The number of aromatic amines is 1. The Bertz CT molecular complexity index is 922. The molecule has 3 heterocycles. The van der Waals surface area contributed by atoms with Crippen LogP contribution in [0, 0.1) is 0 Å². The molecule has 0 bridgehead atoms. The number of anilines is 1. The van der Waals surface area contributed by atoms with Crippen LogP contribution in [-0.2, 0) is 11.2 Å². The first kappa shape index (κ1) is 14.1. The van der Waals surface area contributed by atoms with E-state index >= 15 is 0 Å². The summed E-state index contributed by atoms with van der Waals surface area (Å²) in [5.41, 5.74) is 3.60. The van der Waals surface area contributed by atoms with Crippen LogP contribution in [0.25, 0.3) is 21.6 Å². The molecule has 0 radical (unpaired) electrons. The van der Waals surface area contributed by atoms with Crippen molar-refractivity contribution in [3.63, 3.8) is 0 Å². The number of nitrogens with zero attached hydrogens (tertiary/aromatic N) is 2. The van der Waals surface area contributed by atoms with Gasteiger partial charge in [-0.2, -0.15) is 11.3 Å². The summed E-state index contributed by atoms with van der Waals surface area (Å²) in [6, 6.07) is 9.69. The van der Waals surface area contributed by atoms with Gasteiger partial charge in [-0.05, 0) is 23.6 Å². The van der Waals surface area contributed by atoms with E-state index in [0.29, 0.717) is 5.95 Å². The van der Waals surface area contributed by atoms with Crippen molar-refractivity contribution >= 4 is 45.6 Å². The van der Waals surface area contributed by atoms with Gasteiger partial charge in [0.15, 0.2) is 0 Å². The predicted octanol–water partition coefficient (Wildman–Crippen LogP) is 3.93. The third kappa shape index (κ3) is 3.01. The van der Waals surface area contributed by atoms with Crippen LogP contribution in [0.4, 0.5) is 5.95 Å². The molecule has 4 aromatic rings. The van der Waals surface area contributed by atoms with Gasteiger partial charge in [0.1, 0.15) is 5.01 Å². The molecule has 0 aliphatic heterocycles. The van der Waals surface area contributed by atoms with E-state index in [1.807, 2.05) is 41.1 Å². The number of fused-ring (bicyclic) bond motifs is 1. The molecule has 2 N–H and O–H groups in total. The van der Waals surface area contributed by atoms with Gasteiger partial charge < -0.3 is 4.98 Å². The molecule has 0 atom stereocenters. The number of imidazole rings is 1. The van der Waals surface area contributed by atoms with Crippen molar-refractivity contribution in [1.29, 1.82) is 0 Å². The number of para-hydroxylation sites is 2. The van der Waals surface area contributed by atoms with Gasteiger partial charge in [-0.3, -0.25) is 10.1 Å². The van der Waals surface area contributed by atoms with Gasteiger partial charge in [-0.1, -0.05) is 12.1 Å². The monoisotopic (exact) mass is 340 g/mol. The summed E-state index contributed by atoms with van der Waals surface area (Å²) in [7, 11) is 0. The van der Waals surface area contributed by atoms with E-state index in [1.165, 1.54) is 0 Å². The minimum Gasteiger partial charge on any atom is -0.324 e. The Labute approximate surface area is 140 Å². The lowest BCUT2D eigenvalue weighted by molar-refractivity contribution is -0.115. The minimum absolute atomic E-state index is 0.133. The van der Waals surface area contributed by atoms with Gasteiger partial charge in [0, 0.05) is 16.3 Å². The molecule has 1 amide bonds. The molecule has 7 heteroatoms. The topological polar surface area (TPSA) is 70.7 Å². The maximum absolute atomic E-state index is 12.2. The lowest BCUT2D eigenvalue weighted by atomic mass is 10.3. The second kappa shape index (κ2) is 5.94. The first-order valence-corrected chi connectivity index (χ1v) is 8.82. The van der Waals surface area contributed by atoms with Gasteiger partial charge in [0.05, 0.1) is 23.1 Å². The molecule has 0 fully saturated rings. The fourth-order valence-electron chi connectivity index (χ4n) is 2.26. The molecule has 1 aromatic carbocycles. The highest BCUT2D eigenvalue weighted by atomic mass is 32.1. The first-order valence-electron chi connectivity index (χ1n) is 6.99. The zero-order valence-corrected chi connectivity index (χ0v) is 13.6. The number of hydrogen-bond donors (Lipinski definition) is 2. The third-order valence-corrected chi connectivity index (χ3v) is 4.93. The van der Waals surface area contributed by atoms with Crippen LogP contribution in [-0.4, -0.2) is 20.9 Å². The Morgan fingerprint density at radius 1 is 1.17 bits per heavy atom. The summed E-state index contributed by atoms with van der Waals surface area (Å²) >= 11 is 3.19. The van der Waals surface area contributed by atoms with Crippen molar-refractivity contribution < 1.29 is 4.79 Å². The molecule has 114 valence electrons. The Hall–Kier alpha value is -2.51. The van der Waals surface area contributed by atoms with Gasteiger partial charge in [0.2, 0.25) is 11.9 Å². The number of carbonyl (C=O) groups is 1. The van der Waals surface area contributed by atoms with E-state index in [2.05, 4.69) is 25.6 Å². The number of rotatable bonds is 4. The van der Waals surface area contributed by atoms with Crippen LogP contribution >= 0.6 is 22.7 Å². The summed E-state index contributed by atoms with van der Waals surface area (Å²) in [4.78, 5) is 24.1. The zero-order chi connectivity index (χ0) is 15.6. The van der Waals surface area contributed by atoms with Gasteiger partial charge in [0.25, 0.3) is 0 Å². The number of benzene rings is 1. The lowest BCUT2D eigenvalue weighted by Gasteiger charge is -1.99. The highest BCUT2D eigenvalue weighted by Gasteiger charge is 2.11. The van der Waals surface area contributed by atoms with Crippen molar-refractivity contribution in [2.45, 2.75) is 6.42 Å². The molecule has 3 aromatic heterocycles. The molecule has 0 spiro atoms. The number of carbonyl (C=O) groups excluding carboxylic acids is 1. The smallest absolute Gasteiger partial charge is 0.232 e. The summed E-state index contributed by atoms with van der Waals surface area (Å²) < 4.78 is 0. The largest absolute Gasteiger partial charge is 0.324 e. The summed E-state index contributed by atoms with van der Waals surface area (Å²) in [6.07, 6.45) is 0.234. The van der Waals surface area contributed by atoms with E-state index in [0.717, 1.165) is 27.3 Å². The van der Waals surface area contributed by atoms with Crippen LogP contribution in [0.3, 0.4) is 0 Å². The highest BCUT2D eigenvalue weighted by molar-refractivity contribution is 7.14. The summed E-state index contributed by atoms with van der Waals surface area (Å²) in [5, 5.41) is 9.72. The van der Waals surface area contributed by atoms with Crippen LogP contribution in [0.5, 0.6) is 0 Å². The van der Waals surface area contributed by atoms with Crippen molar-refractivity contribution in [3.8, 4) is 10.6 Å². The molecule has 0 unspecified atom stereocenters. The standard InChI is InChI=1S/C16H12N4OS2/c21-14(20-16-18-12-3-1-2-4-13(12)19-16)7-11-9-23-15(17-11)10-5-6-22-8-10/h1-6,8-9H,7H2,(H2,18,19,20,21). The van der Waals surface area contributed by atoms with E-state index in [-0.39, 0.29) is 12.3 Å². The number of thiazole rings is 1. The number of aromatic nitrogens is 3. The zero-order valence-electron chi connectivity index (χ0n) is 11.9. The highest BCUT2D eigenvalue weighted by Crippen LogP contribution is 2.25. The molecule has 4 rings (SSSR count). The molecular weight excluding hydrogens is 328 g/mol. The Kier molecular flexibility index (Phi) is 3.64. The van der Waals surface area contributed by atoms with Crippen LogP contribution in [0.1, 0.15) is 5.69 Å². The van der Waals surface area contributed by atoms with Crippen molar-refractivity contribution in [1.82, 2.24) is 15.0 Å². The normalized spacial score (nSPS) is 11.0. The fraction of sp³-hybridized carbons (Fsp3) is 0.0625. The maximum Gasteiger partial charge on any atom is 0.232 e. The SMILES string of the molecule is O=C(Cc1csc(-c2ccsc2)n1)Nc1nc2ccccc2[nH]1. The first-order chi connectivity index (χ1) is 11.3. The van der Waals surface area contributed by atoms with Crippen LogP contribution in [0.2, 0.25) is 0 Å². The summed E-state index contributed by atoms with van der Waals surface area (Å²) in [5.74, 6) is 0.329. The average Bonchev–Trinajstić information content (AvgIpc) is 3.26. The second-order valence-corrected chi connectivity index (χ2v) is 6.62. The van der Waals surface area contributed by atoms with E-state index in [9.17, 15) is 4.79 Å². The van der Waals surface area contributed by atoms with E-state index in [4.69, 9.17) is 0 Å². The van der Waals surface area contributed by atoms with Gasteiger partial charge >= 0.3 is 0 Å². The van der Waals surface area contributed by atoms with Crippen LogP contribution < -0.4 is 5.32 Å². The number of thiophene rings is 1. The molecule has 23 heavy (non-hydrogen) atoms. The average molecular weight is 340 g/mol. The quantitative estimate of drug-likeness (QED) is 0.591. The number of H-pyrrole nitrogens is 1. The lowest BCUT2D eigenvalue weighted by Crippen LogP contribution is -2.15. The van der Waals surface area contributed by atoms with Gasteiger partial charge in [-0.15, -0.1) is 11.3 Å². The molecule has 0 saturated heterocycles. The third-order valence-electron chi connectivity index (χ3n) is 3.31. The van der Waals surface area contributed by atoms with Crippen molar-refractivity contribution in [2.24, 2.45) is 0 Å². The summed E-state index contributed by atoms with van der Waals surface area (Å²) in [6.45, 7) is 0. The molecule has 5 nitrogen and oxygen atoms in total. The molecular formula is C16H12N4OS2. The minimum atomic E-state index is -0.133. The number of nitrogens with one attached hydrogen (secondary N) is 2. The maximum atomic E-state index is 12.2. The van der Waals surface area contributed by atoms with Crippen molar-refractivity contribution in [3.05, 3.63) is 52.2 Å². The van der Waals surface area contributed by atoms with Crippen molar-refractivity contribution in [2.75, 3.05) is 5.32 Å². The number of amides is 1. The second-order valence-electron chi connectivity index (χ2n) is 4.98.